The van der Waals surface area contributed by atoms with Crippen LogP contribution in [0.3, 0.4) is 0 Å². The maximum atomic E-state index is 12.5. The molecule has 0 aromatic heterocycles. The molecule has 47 heavy (non-hydrogen) atoms. The number of methoxy groups -OCH3 is 1. The molecule has 4 saturated carbocycles. The standard InChI is InChI=1S/C33H58O12S.Na/c1-17(2)24(44-30-27(37)28(42-6)25(45-30)16-43-46(39,40)41)8-7-18(3)20-14-22(35)29-32(20,5)12-10-26-31(4)11-9-19(34)13-21(31)23(36)15-33(26,29)38;/h17-30,34-38H,7-16H2,1-6H3,(H,39,40,41);/q;+1/p-1/t18?,19-,20?,21?,22-,23-,24?,25?,26?,27?,28?,29?,30?,31-,32+,33-;/m0./s1. The molecular formula is C33H57NaO12S. The van der Waals surface area contributed by atoms with Crippen LogP contribution in [-0.4, -0.2) is 107 Å². The van der Waals surface area contributed by atoms with E-state index in [0.29, 0.717) is 25.7 Å². The average Bonchev–Trinajstić information content (AvgIpc) is 3.41. The minimum Gasteiger partial charge on any atom is -0.726 e. The van der Waals surface area contributed by atoms with Gasteiger partial charge in [-0.25, -0.2) is 8.42 Å². The van der Waals surface area contributed by atoms with Crippen LogP contribution in [0.5, 0.6) is 0 Å². The Hall–Kier alpha value is 0.550. The molecule has 1 saturated heterocycles. The fourth-order valence-corrected chi connectivity index (χ4v) is 11.5. The van der Waals surface area contributed by atoms with Crippen LogP contribution in [0.15, 0.2) is 0 Å². The Morgan fingerprint density at radius 3 is 2.26 bits per heavy atom. The average molecular weight is 701 g/mol. The summed E-state index contributed by atoms with van der Waals surface area (Å²) in [5.41, 5.74) is -1.79. The SMILES string of the molecule is COC1C(COS(=O)(=O)[O-])OC(OC(CCC(C)C2C[C@H](O)C3[C@]2(C)CCC2[C@@]4(C)CC[C@H](O)CC4[C@@H](O)C[C@]23O)C(C)C)C1O.[Na+]. The molecule has 5 fully saturated rings. The third-order valence-electron chi connectivity index (χ3n) is 13.3. The summed E-state index contributed by atoms with van der Waals surface area (Å²) < 4.78 is 54.6. The second kappa shape index (κ2) is 14.9. The molecule has 0 radical (unpaired) electrons. The van der Waals surface area contributed by atoms with Crippen molar-refractivity contribution in [2.24, 2.45) is 46.3 Å². The van der Waals surface area contributed by atoms with Crippen molar-refractivity contribution >= 4 is 10.4 Å². The number of rotatable bonds is 11. The fourth-order valence-electron chi connectivity index (χ4n) is 11.2. The smallest absolute Gasteiger partial charge is 0.726 e. The van der Waals surface area contributed by atoms with Crippen LogP contribution in [0, 0.1) is 46.3 Å². The van der Waals surface area contributed by atoms with Crippen molar-refractivity contribution < 1.29 is 86.5 Å². The minimum atomic E-state index is -4.95. The number of ether oxygens (including phenoxy) is 3. The molecule has 14 heteroatoms. The summed E-state index contributed by atoms with van der Waals surface area (Å²) in [6.07, 6.45) is -0.516. The molecular weight excluding hydrogens is 643 g/mol. The zero-order valence-electron chi connectivity index (χ0n) is 29.2. The second-order valence-corrected chi connectivity index (χ2v) is 17.2. The minimum absolute atomic E-state index is 0. The summed E-state index contributed by atoms with van der Waals surface area (Å²) in [5, 5.41) is 56.8. The third kappa shape index (κ3) is 7.56. The van der Waals surface area contributed by atoms with Crippen LogP contribution in [0.4, 0.5) is 0 Å². The summed E-state index contributed by atoms with van der Waals surface area (Å²) in [4.78, 5) is 0. The van der Waals surface area contributed by atoms with Crippen LogP contribution in [0.1, 0.15) is 92.4 Å². The van der Waals surface area contributed by atoms with Gasteiger partial charge in [-0.2, -0.15) is 0 Å². The van der Waals surface area contributed by atoms with Crippen molar-refractivity contribution in [2.75, 3.05) is 13.7 Å². The molecule has 1 aliphatic heterocycles. The topological polar surface area (TPSA) is 195 Å². The summed E-state index contributed by atoms with van der Waals surface area (Å²) in [6.45, 7) is 10.00. The first-order valence-electron chi connectivity index (χ1n) is 17.2. The van der Waals surface area contributed by atoms with Gasteiger partial charge in [0.05, 0.1) is 36.6 Å². The first kappa shape index (κ1) is 40.3. The monoisotopic (exact) mass is 700 g/mol. The summed E-state index contributed by atoms with van der Waals surface area (Å²) >= 11 is 0. The fraction of sp³-hybridized carbons (Fsp3) is 1.00. The van der Waals surface area contributed by atoms with Gasteiger partial charge in [-0.15, -0.1) is 0 Å². The van der Waals surface area contributed by atoms with E-state index in [1.165, 1.54) is 7.11 Å². The maximum absolute atomic E-state index is 12.5. The number of hydrogen-bond donors (Lipinski definition) is 5. The van der Waals surface area contributed by atoms with Crippen molar-refractivity contribution in [1.82, 2.24) is 0 Å². The molecule has 0 bridgehead atoms. The van der Waals surface area contributed by atoms with E-state index in [1.54, 1.807) is 0 Å². The largest absolute Gasteiger partial charge is 1.00 e. The van der Waals surface area contributed by atoms with Gasteiger partial charge in [0.2, 0.25) is 10.4 Å². The summed E-state index contributed by atoms with van der Waals surface area (Å²) in [7, 11) is -3.60. The molecule has 12 nitrogen and oxygen atoms in total. The van der Waals surface area contributed by atoms with Crippen molar-refractivity contribution in [2.45, 2.75) is 147 Å². The first-order valence-corrected chi connectivity index (χ1v) is 18.6. The van der Waals surface area contributed by atoms with Crippen LogP contribution < -0.4 is 29.6 Å². The van der Waals surface area contributed by atoms with E-state index < -0.39 is 65.5 Å². The van der Waals surface area contributed by atoms with E-state index in [-0.39, 0.29) is 88.4 Å². The van der Waals surface area contributed by atoms with Crippen molar-refractivity contribution in [3.05, 3.63) is 0 Å². The summed E-state index contributed by atoms with van der Waals surface area (Å²) in [5.74, 6) is -0.0767. The van der Waals surface area contributed by atoms with E-state index in [0.717, 1.165) is 25.7 Å². The van der Waals surface area contributed by atoms with E-state index in [1.807, 2.05) is 13.8 Å². The molecule has 5 N–H and O–H groups in total. The molecule has 10 unspecified atom stereocenters. The van der Waals surface area contributed by atoms with E-state index in [4.69, 9.17) is 14.2 Å². The molecule has 1 heterocycles. The Morgan fingerprint density at radius 1 is 0.979 bits per heavy atom. The second-order valence-electron chi connectivity index (χ2n) is 16.2. The summed E-state index contributed by atoms with van der Waals surface area (Å²) in [6, 6.07) is 0. The van der Waals surface area contributed by atoms with Gasteiger partial charge >= 0.3 is 29.6 Å². The van der Waals surface area contributed by atoms with Gasteiger partial charge in [-0.05, 0) is 91.8 Å². The van der Waals surface area contributed by atoms with Crippen molar-refractivity contribution in [1.29, 1.82) is 0 Å². The molecule has 0 amide bonds. The molecule has 0 aromatic rings. The Balaban J connectivity index is 0.00000500. The van der Waals surface area contributed by atoms with Crippen LogP contribution in [0.25, 0.3) is 0 Å². The van der Waals surface area contributed by atoms with Gasteiger partial charge in [0.25, 0.3) is 0 Å². The van der Waals surface area contributed by atoms with E-state index >= 15 is 0 Å². The quantitative estimate of drug-likeness (QED) is 0.101. The normalized spacial score (nSPS) is 47.9. The van der Waals surface area contributed by atoms with Gasteiger partial charge in [0, 0.05) is 19.4 Å². The maximum Gasteiger partial charge on any atom is 1.00 e. The van der Waals surface area contributed by atoms with Gasteiger partial charge in [-0.1, -0.05) is 34.6 Å². The molecule has 5 aliphatic rings. The Labute approximate surface area is 302 Å². The predicted octanol–water partition coefficient (Wildman–Crippen LogP) is -0.898. The van der Waals surface area contributed by atoms with Crippen LogP contribution in [0.2, 0.25) is 0 Å². The van der Waals surface area contributed by atoms with Gasteiger partial charge in [0.15, 0.2) is 6.29 Å². The zero-order chi connectivity index (χ0) is 34.0. The van der Waals surface area contributed by atoms with Gasteiger partial charge < -0.3 is 44.3 Å². The van der Waals surface area contributed by atoms with E-state index in [2.05, 4.69) is 25.0 Å². The molecule has 0 spiro atoms. The zero-order valence-corrected chi connectivity index (χ0v) is 32.0. The number of aliphatic hydroxyl groups is 5. The van der Waals surface area contributed by atoms with Crippen LogP contribution >= 0.6 is 0 Å². The molecule has 268 valence electrons. The predicted molar refractivity (Wildman–Crippen MR) is 165 cm³/mol. The number of aliphatic hydroxyl groups excluding tert-OH is 4. The molecule has 0 aromatic carbocycles. The van der Waals surface area contributed by atoms with Gasteiger partial charge in [0.1, 0.15) is 18.3 Å². The Bertz CT molecular complexity index is 1180. The third-order valence-corrected chi connectivity index (χ3v) is 13.7. The Morgan fingerprint density at radius 2 is 1.64 bits per heavy atom. The van der Waals surface area contributed by atoms with Gasteiger partial charge in [-0.3, -0.25) is 4.18 Å². The molecule has 5 rings (SSSR count). The van der Waals surface area contributed by atoms with E-state index in [9.17, 15) is 38.5 Å². The molecule has 16 atom stereocenters. The van der Waals surface area contributed by atoms with Crippen molar-refractivity contribution in [3.63, 3.8) is 0 Å². The first-order chi connectivity index (χ1) is 21.4. The van der Waals surface area contributed by atoms with Crippen LogP contribution in [-0.2, 0) is 28.8 Å². The number of fused-ring (bicyclic) bond motifs is 5. The molecule has 4 aliphatic carbocycles. The number of hydrogen-bond acceptors (Lipinski definition) is 12. The van der Waals surface area contributed by atoms with Crippen molar-refractivity contribution in [3.8, 4) is 0 Å². The Kier molecular flexibility index (Phi) is 12.8.